The zero-order valence-electron chi connectivity index (χ0n) is 13.9. The molecule has 0 amide bonds. The van der Waals surface area contributed by atoms with E-state index in [0.717, 1.165) is 17.1 Å². The van der Waals surface area contributed by atoms with Crippen LogP contribution in [0.15, 0.2) is 101 Å². The SMILES string of the molecule is c1ccc(-c2cc(N3c4ccccc4Sc4ccccc43)ccn2)nc1. The first kappa shape index (κ1) is 15.2. The predicted molar refractivity (Wildman–Crippen MR) is 106 cm³/mol. The molecule has 2 aromatic carbocycles. The molecule has 5 rings (SSSR count). The first-order valence-corrected chi connectivity index (χ1v) is 9.25. The molecule has 0 spiro atoms. The quantitative estimate of drug-likeness (QED) is 0.385. The van der Waals surface area contributed by atoms with E-state index in [2.05, 4.69) is 75.5 Å². The fraction of sp³-hybridized carbons (Fsp3) is 0. The molecule has 0 N–H and O–H groups in total. The minimum absolute atomic E-state index is 0.872. The van der Waals surface area contributed by atoms with E-state index in [-0.39, 0.29) is 0 Å². The van der Waals surface area contributed by atoms with Gasteiger partial charge in [-0.2, -0.15) is 0 Å². The fourth-order valence-electron chi connectivity index (χ4n) is 3.20. The molecule has 0 fully saturated rings. The summed E-state index contributed by atoms with van der Waals surface area (Å²) in [4.78, 5) is 13.8. The highest BCUT2D eigenvalue weighted by Gasteiger charge is 2.24. The number of rotatable bonds is 2. The van der Waals surface area contributed by atoms with E-state index in [1.54, 1.807) is 6.20 Å². The van der Waals surface area contributed by atoms with Crippen LogP contribution in [0.5, 0.6) is 0 Å². The van der Waals surface area contributed by atoms with Crippen molar-refractivity contribution < 1.29 is 0 Å². The van der Waals surface area contributed by atoms with Gasteiger partial charge >= 0.3 is 0 Å². The Kier molecular flexibility index (Phi) is 3.68. The van der Waals surface area contributed by atoms with Gasteiger partial charge in [0.05, 0.1) is 22.8 Å². The maximum absolute atomic E-state index is 4.52. The van der Waals surface area contributed by atoms with Crippen molar-refractivity contribution >= 4 is 28.8 Å². The van der Waals surface area contributed by atoms with Crippen LogP contribution in [0.2, 0.25) is 0 Å². The van der Waals surface area contributed by atoms with E-state index in [0.29, 0.717) is 0 Å². The molecule has 2 aromatic heterocycles. The lowest BCUT2D eigenvalue weighted by molar-refractivity contribution is 1.15. The Morgan fingerprint density at radius 2 is 1.27 bits per heavy atom. The van der Waals surface area contributed by atoms with Crippen molar-refractivity contribution in [1.82, 2.24) is 9.97 Å². The molecule has 4 heteroatoms. The lowest BCUT2D eigenvalue weighted by Gasteiger charge is -2.32. The molecular formula is C22H15N3S. The van der Waals surface area contributed by atoms with Gasteiger partial charge in [0, 0.05) is 27.9 Å². The van der Waals surface area contributed by atoms with Gasteiger partial charge in [0.25, 0.3) is 0 Å². The Balaban J connectivity index is 1.69. The molecule has 0 bridgehead atoms. The summed E-state index contributed by atoms with van der Waals surface area (Å²) in [5.41, 5.74) is 5.21. The van der Waals surface area contributed by atoms with Crippen LogP contribution >= 0.6 is 11.8 Å². The molecule has 0 unspecified atom stereocenters. The summed E-state index contributed by atoms with van der Waals surface area (Å²) >= 11 is 1.81. The van der Waals surface area contributed by atoms with Crippen LogP contribution in [0, 0.1) is 0 Å². The van der Waals surface area contributed by atoms with Crippen LogP contribution in [0.3, 0.4) is 0 Å². The molecule has 1 aliphatic rings. The van der Waals surface area contributed by atoms with Crippen molar-refractivity contribution in [2.45, 2.75) is 9.79 Å². The number of hydrogen-bond donors (Lipinski definition) is 0. The minimum atomic E-state index is 0.872. The Morgan fingerprint density at radius 1 is 0.615 bits per heavy atom. The van der Waals surface area contributed by atoms with Gasteiger partial charge in [0.15, 0.2) is 0 Å². The second-order valence-electron chi connectivity index (χ2n) is 5.99. The predicted octanol–water partition coefficient (Wildman–Crippen LogP) is 6.08. The van der Waals surface area contributed by atoms with Gasteiger partial charge in [-0.15, -0.1) is 0 Å². The Hall–Kier alpha value is -3.11. The molecular weight excluding hydrogens is 338 g/mol. The number of benzene rings is 2. The van der Waals surface area contributed by atoms with Gasteiger partial charge < -0.3 is 4.90 Å². The monoisotopic (exact) mass is 353 g/mol. The third-order valence-corrected chi connectivity index (χ3v) is 5.49. The van der Waals surface area contributed by atoms with E-state index in [9.17, 15) is 0 Å². The van der Waals surface area contributed by atoms with E-state index in [1.165, 1.54) is 21.2 Å². The van der Waals surface area contributed by atoms with Crippen LogP contribution in [-0.4, -0.2) is 9.97 Å². The highest BCUT2D eigenvalue weighted by Crippen LogP contribution is 2.51. The summed E-state index contributed by atoms with van der Waals surface area (Å²) in [5.74, 6) is 0. The molecule has 3 heterocycles. The normalized spacial score (nSPS) is 12.4. The molecule has 4 aromatic rings. The number of pyridine rings is 2. The van der Waals surface area contributed by atoms with Gasteiger partial charge in [-0.25, -0.2) is 0 Å². The lowest BCUT2D eigenvalue weighted by Crippen LogP contribution is -2.14. The summed E-state index contributed by atoms with van der Waals surface area (Å²) in [7, 11) is 0. The number of fused-ring (bicyclic) bond motifs is 2. The highest BCUT2D eigenvalue weighted by atomic mass is 32.2. The Bertz CT molecular complexity index is 1030. The van der Waals surface area contributed by atoms with Crippen molar-refractivity contribution in [3.8, 4) is 11.4 Å². The zero-order valence-corrected chi connectivity index (χ0v) is 14.7. The number of para-hydroxylation sites is 2. The third kappa shape index (κ3) is 2.55. The maximum Gasteiger partial charge on any atom is 0.0906 e. The Morgan fingerprint density at radius 3 is 1.96 bits per heavy atom. The summed E-state index contributed by atoms with van der Waals surface area (Å²) in [5, 5.41) is 0. The molecule has 0 atom stereocenters. The fourth-order valence-corrected chi connectivity index (χ4v) is 4.25. The topological polar surface area (TPSA) is 29.0 Å². The number of hydrogen-bond acceptors (Lipinski definition) is 4. The van der Waals surface area contributed by atoms with Crippen LogP contribution in [0.25, 0.3) is 11.4 Å². The number of nitrogens with zero attached hydrogens (tertiary/aromatic N) is 3. The summed E-state index contributed by atoms with van der Waals surface area (Å²) in [6, 6.07) is 27.1. The first-order valence-electron chi connectivity index (χ1n) is 8.44. The average Bonchev–Trinajstić information content (AvgIpc) is 2.72. The standard InChI is InChI=1S/C22H15N3S/c1-3-10-21-19(8-1)25(20-9-2-4-11-22(20)26-21)16-12-14-24-18(15-16)17-7-5-6-13-23-17/h1-15H. The zero-order chi connectivity index (χ0) is 17.3. The largest absolute Gasteiger partial charge is 0.308 e. The molecule has 0 saturated heterocycles. The molecule has 0 saturated carbocycles. The summed E-state index contributed by atoms with van der Waals surface area (Å²) in [6.07, 6.45) is 3.65. The third-order valence-electron chi connectivity index (χ3n) is 4.36. The molecule has 1 aliphatic heterocycles. The van der Waals surface area contributed by atoms with E-state index in [4.69, 9.17) is 0 Å². The average molecular weight is 353 g/mol. The second-order valence-corrected chi connectivity index (χ2v) is 7.07. The van der Waals surface area contributed by atoms with E-state index in [1.807, 2.05) is 36.2 Å². The van der Waals surface area contributed by atoms with Gasteiger partial charge in [-0.3, -0.25) is 9.97 Å². The molecule has 0 aliphatic carbocycles. The van der Waals surface area contributed by atoms with Crippen molar-refractivity contribution in [3.05, 3.63) is 91.3 Å². The van der Waals surface area contributed by atoms with Crippen LogP contribution < -0.4 is 4.90 Å². The van der Waals surface area contributed by atoms with Gasteiger partial charge in [-0.1, -0.05) is 42.1 Å². The number of aromatic nitrogens is 2. The maximum atomic E-state index is 4.52. The van der Waals surface area contributed by atoms with Crippen LogP contribution in [0.1, 0.15) is 0 Å². The van der Waals surface area contributed by atoms with Crippen molar-refractivity contribution in [2.75, 3.05) is 4.90 Å². The van der Waals surface area contributed by atoms with Crippen molar-refractivity contribution in [3.63, 3.8) is 0 Å². The minimum Gasteiger partial charge on any atom is -0.308 e. The van der Waals surface area contributed by atoms with E-state index >= 15 is 0 Å². The van der Waals surface area contributed by atoms with Crippen LogP contribution in [-0.2, 0) is 0 Å². The smallest absolute Gasteiger partial charge is 0.0906 e. The van der Waals surface area contributed by atoms with Gasteiger partial charge in [0.1, 0.15) is 0 Å². The van der Waals surface area contributed by atoms with Crippen molar-refractivity contribution in [1.29, 1.82) is 0 Å². The van der Waals surface area contributed by atoms with Crippen molar-refractivity contribution in [2.24, 2.45) is 0 Å². The van der Waals surface area contributed by atoms with Gasteiger partial charge in [0.2, 0.25) is 0 Å². The van der Waals surface area contributed by atoms with Gasteiger partial charge in [-0.05, 0) is 48.5 Å². The molecule has 0 radical (unpaired) electrons. The first-order chi connectivity index (χ1) is 12.9. The summed E-state index contributed by atoms with van der Waals surface area (Å²) in [6.45, 7) is 0. The highest BCUT2D eigenvalue weighted by molar-refractivity contribution is 7.99. The molecule has 3 nitrogen and oxygen atoms in total. The summed E-state index contributed by atoms with van der Waals surface area (Å²) < 4.78 is 0. The second kappa shape index (κ2) is 6.32. The van der Waals surface area contributed by atoms with Crippen LogP contribution in [0.4, 0.5) is 17.1 Å². The lowest BCUT2D eigenvalue weighted by atomic mass is 10.1. The molecule has 26 heavy (non-hydrogen) atoms. The molecule has 124 valence electrons. The van der Waals surface area contributed by atoms with E-state index < -0.39 is 0 Å². The Labute approximate surface area is 156 Å². The number of anilines is 3.